The van der Waals surface area contributed by atoms with E-state index < -0.39 is 11.5 Å². The van der Waals surface area contributed by atoms with Crippen molar-refractivity contribution in [3.63, 3.8) is 0 Å². The standard InChI is InChI=1S/C11H16N4O3/c1-11(10(12)17)7-15(5-6-18-11)9(16)8-13-3-4-14(8)2/h3-4H,5-7H2,1-2H3,(H2,12,17). The summed E-state index contributed by atoms with van der Waals surface area (Å²) in [7, 11) is 1.74. The minimum Gasteiger partial charge on any atom is -0.367 e. The van der Waals surface area contributed by atoms with Crippen LogP contribution < -0.4 is 5.73 Å². The molecule has 0 spiro atoms. The molecule has 1 atom stereocenters. The lowest BCUT2D eigenvalue weighted by atomic mass is 10.0. The van der Waals surface area contributed by atoms with E-state index in [1.54, 1.807) is 30.9 Å². The molecule has 0 bridgehead atoms. The fourth-order valence-electron chi connectivity index (χ4n) is 1.91. The van der Waals surface area contributed by atoms with Crippen molar-refractivity contribution in [3.8, 4) is 0 Å². The van der Waals surface area contributed by atoms with E-state index >= 15 is 0 Å². The van der Waals surface area contributed by atoms with Crippen LogP contribution in [0.2, 0.25) is 0 Å². The second-order valence-corrected chi connectivity index (χ2v) is 4.53. The van der Waals surface area contributed by atoms with Crippen molar-refractivity contribution < 1.29 is 14.3 Å². The summed E-state index contributed by atoms with van der Waals surface area (Å²) in [6, 6.07) is 0. The molecule has 0 aliphatic carbocycles. The van der Waals surface area contributed by atoms with Crippen LogP contribution in [0.3, 0.4) is 0 Å². The number of ether oxygens (including phenoxy) is 1. The summed E-state index contributed by atoms with van der Waals surface area (Å²) in [4.78, 5) is 29.1. The summed E-state index contributed by atoms with van der Waals surface area (Å²) >= 11 is 0. The topological polar surface area (TPSA) is 90.4 Å². The summed E-state index contributed by atoms with van der Waals surface area (Å²) < 4.78 is 7.00. The fourth-order valence-corrected chi connectivity index (χ4v) is 1.91. The molecular weight excluding hydrogens is 236 g/mol. The van der Waals surface area contributed by atoms with Crippen molar-refractivity contribution >= 4 is 11.8 Å². The van der Waals surface area contributed by atoms with Crippen LogP contribution in [0, 0.1) is 0 Å². The first-order valence-electron chi connectivity index (χ1n) is 5.64. The Kier molecular flexibility index (Phi) is 3.08. The number of imidazole rings is 1. The number of carbonyl (C=O) groups is 2. The van der Waals surface area contributed by atoms with Gasteiger partial charge in [-0.15, -0.1) is 0 Å². The third-order valence-corrected chi connectivity index (χ3v) is 3.10. The molecule has 1 aliphatic rings. The molecule has 2 heterocycles. The Morgan fingerprint density at radius 1 is 1.56 bits per heavy atom. The van der Waals surface area contributed by atoms with Crippen molar-refractivity contribution in [1.82, 2.24) is 14.5 Å². The van der Waals surface area contributed by atoms with Crippen molar-refractivity contribution in [1.29, 1.82) is 0 Å². The Balaban J connectivity index is 2.17. The molecule has 1 unspecified atom stereocenters. The maximum absolute atomic E-state index is 12.2. The lowest BCUT2D eigenvalue weighted by Gasteiger charge is -2.38. The normalized spacial score (nSPS) is 24.0. The average molecular weight is 252 g/mol. The largest absolute Gasteiger partial charge is 0.367 e. The monoisotopic (exact) mass is 252 g/mol. The van der Waals surface area contributed by atoms with Gasteiger partial charge in [0, 0.05) is 26.0 Å². The van der Waals surface area contributed by atoms with E-state index in [1.165, 1.54) is 4.90 Å². The molecule has 1 fully saturated rings. The molecule has 1 saturated heterocycles. The molecule has 1 aromatic heterocycles. The number of amides is 2. The zero-order valence-corrected chi connectivity index (χ0v) is 10.4. The van der Waals surface area contributed by atoms with Crippen molar-refractivity contribution in [2.24, 2.45) is 12.8 Å². The van der Waals surface area contributed by atoms with Gasteiger partial charge in [0.1, 0.15) is 0 Å². The third-order valence-electron chi connectivity index (χ3n) is 3.10. The second kappa shape index (κ2) is 4.41. The fraction of sp³-hybridized carbons (Fsp3) is 0.545. The van der Waals surface area contributed by atoms with Crippen LogP contribution in [-0.4, -0.2) is 51.6 Å². The van der Waals surface area contributed by atoms with Gasteiger partial charge in [-0.25, -0.2) is 4.98 Å². The van der Waals surface area contributed by atoms with Crippen LogP contribution in [0.5, 0.6) is 0 Å². The summed E-state index contributed by atoms with van der Waals surface area (Å²) in [5.74, 6) is -0.457. The molecule has 0 aromatic carbocycles. The highest BCUT2D eigenvalue weighted by Crippen LogP contribution is 2.18. The predicted molar refractivity (Wildman–Crippen MR) is 62.7 cm³/mol. The number of carbonyl (C=O) groups excluding carboxylic acids is 2. The van der Waals surface area contributed by atoms with Gasteiger partial charge in [0.2, 0.25) is 0 Å². The molecule has 2 N–H and O–H groups in total. The number of aryl methyl sites for hydroxylation is 1. The number of hydrogen-bond acceptors (Lipinski definition) is 4. The van der Waals surface area contributed by atoms with Gasteiger partial charge >= 0.3 is 0 Å². The molecule has 98 valence electrons. The summed E-state index contributed by atoms with van der Waals surface area (Å²) in [6.45, 7) is 2.45. The number of primary amides is 1. The third kappa shape index (κ3) is 2.08. The molecule has 2 rings (SSSR count). The highest BCUT2D eigenvalue weighted by atomic mass is 16.5. The van der Waals surface area contributed by atoms with Gasteiger partial charge in [-0.1, -0.05) is 0 Å². The van der Waals surface area contributed by atoms with Crippen LogP contribution in [0.25, 0.3) is 0 Å². The Morgan fingerprint density at radius 2 is 2.28 bits per heavy atom. The van der Waals surface area contributed by atoms with E-state index in [9.17, 15) is 9.59 Å². The molecule has 0 saturated carbocycles. The SMILES string of the molecule is Cn1ccnc1C(=O)N1CCOC(C)(C(N)=O)C1. The first kappa shape index (κ1) is 12.6. The molecule has 2 amide bonds. The van der Waals surface area contributed by atoms with Gasteiger partial charge < -0.3 is 19.9 Å². The first-order valence-corrected chi connectivity index (χ1v) is 5.64. The maximum Gasteiger partial charge on any atom is 0.290 e. The summed E-state index contributed by atoms with van der Waals surface area (Å²) in [6.07, 6.45) is 3.25. The van der Waals surface area contributed by atoms with Crippen LogP contribution in [0.4, 0.5) is 0 Å². The Labute approximate surface area is 105 Å². The Morgan fingerprint density at radius 3 is 2.83 bits per heavy atom. The minimum atomic E-state index is -1.13. The smallest absolute Gasteiger partial charge is 0.290 e. The van der Waals surface area contributed by atoms with Gasteiger partial charge in [0.05, 0.1) is 13.2 Å². The van der Waals surface area contributed by atoms with Crippen LogP contribution in [-0.2, 0) is 16.6 Å². The summed E-state index contributed by atoms with van der Waals surface area (Å²) in [5.41, 5.74) is 4.16. The Bertz CT molecular complexity index is 484. The molecular formula is C11H16N4O3. The number of morpholine rings is 1. The van der Waals surface area contributed by atoms with Crippen LogP contribution >= 0.6 is 0 Å². The van der Waals surface area contributed by atoms with Crippen molar-refractivity contribution in [2.45, 2.75) is 12.5 Å². The van der Waals surface area contributed by atoms with Gasteiger partial charge in [0.15, 0.2) is 11.4 Å². The van der Waals surface area contributed by atoms with E-state index in [-0.39, 0.29) is 19.1 Å². The van der Waals surface area contributed by atoms with E-state index in [0.29, 0.717) is 12.4 Å². The van der Waals surface area contributed by atoms with Crippen molar-refractivity contribution in [2.75, 3.05) is 19.7 Å². The van der Waals surface area contributed by atoms with Gasteiger partial charge in [-0.3, -0.25) is 9.59 Å². The molecule has 7 heteroatoms. The zero-order valence-electron chi connectivity index (χ0n) is 10.4. The lowest BCUT2D eigenvalue weighted by molar-refractivity contribution is -0.150. The molecule has 0 radical (unpaired) electrons. The van der Waals surface area contributed by atoms with Gasteiger partial charge in [-0.05, 0) is 6.92 Å². The average Bonchev–Trinajstić information content (AvgIpc) is 2.74. The van der Waals surface area contributed by atoms with Gasteiger partial charge in [-0.2, -0.15) is 0 Å². The molecule has 1 aliphatic heterocycles. The zero-order chi connectivity index (χ0) is 13.3. The highest BCUT2D eigenvalue weighted by molar-refractivity contribution is 5.92. The molecule has 18 heavy (non-hydrogen) atoms. The molecule has 1 aromatic rings. The maximum atomic E-state index is 12.2. The quantitative estimate of drug-likeness (QED) is 0.741. The molecule has 7 nitrogen and oxygen atoms in total. The number of nitrogens with two attached hydrogens (primary N) is 1. The summed E-state index contributed by atoms with van der Waals surface area (Å²) in [5, 5.41) is 0. The first-order chi connectivity index (χ1) is 8.44. The minimum absolute atomic E-state index is 0.147. The highest BCUT2D eigenvalue weighted by Gasteiger charge is 2.39. The van der Waals surface area contributed by atoms with Gasteiger partial charge in [0.25, 0.3) is 11.8 Å². The van der Waals surface area contributed by atoms with E-state index in [1.807, 2.05) is 0 Å². The second-order valence-electron chi connectivity index (χ2n) is 4.53. The number of rotatable bonds is 2. The van der Waals surface area contributed by atoms with E-state index in [0.717, 1.165) is 0 Å². The van der Waals surface area contributed by atoms with Crippen LogP contribution in [0.15, 0.2) is 12.4 Å². The predicted octanol–water partition coefficient (Wildman–Crippen LogP) is -0.863. The van der Waals surface area contributed by atoms with E-state index in [4.69, 9.17) is 10.5 Å². The number of aromatic nitrogens is 2. The lowest BCUT2D eigenvalue weighted by Crippen LogP contribution is -2.58. The van der Waals surface area contributed by atoms with Crippen molar-refractivity contribution in [3.05, 3.63) is 18.2 Å². The number of nitrogens with zero attached hydrogens (tertiary/aromatic N) is 3. The van der Waals surface area contributed by atoms with E-state index in [2.05, 4.69) is 4.98 Å². The van der Waals surface area contributed by atoms with Crippen LogP contribution in [0.1, 0.15) is 17.5 Å². The number of hydrogen-bond donors (Lipinski definition) is 1. The Hall–Kier alpha value is -1.89.